The maximum Gasteiger partial charge on any atom is 0.326 e. The Bertz CT molecular complexity index is 879. The van der Waals surface area contributed by atoms with Crippen LogP contribution in [-0.2, 0) is 22.6 Å². The molecule has 1 atom stereocenters. The fourth-order valence-electron chi connectivity index (χ4n) is 3.25. The maximum atomic E-state index is 13.1. The van der Waals surface area contributed by atoms with Crippen molar-refractivity contribution in [1.29, 1.82) is 0 Å². The van der Waals surface area contributed by atoms with Gasteiger partial charge in [-0.2, -0.15) is 0 Å². The Morgan fingerprint density at radius 1 is 1.15 bits per heavy atom. The molecule has 6 nitrogen and oxygen atoms in total. The van der Waals surface area contributed by atoms with E-state index in [1.807, 2.05) is 30.3 Å². The number of benzene rings is 2. The molecule has 1 aliphatic rings. The number of anilines is 1. The molecule has 0 radical (unpaired) electrons. The summed E-state index contributed by atoms with van der Waals surface area (Å²) in [5, 5.41) is 9.44. The highest BCUT2D eigenvalue weighted by atomic mass is 16.4. The van der Waals surface area contributed by atoms with E-state index in [-0.39, 0.29) is 18.4 Å². The van der Waals surface area contributed by atoms with Crippen molar-refractivity contribution in [3.63, 3.8) is 0 Å². The van der Waals surface area contributed by atoms with Gasteiger partial charge in [-0.3, -0.25) is 9.59 Å². The molecule has 3 rings (SSSR count). The molecule has 1 aliphatic heterocycles. The van der Waals surface area contributed by atoms with Crippen molar-refractivity contribution >= 4 is 23.5 Å². The summed E-state index contributed by atoms with van der Waals surface area (Å²) >= 11 is 0. The van der Waals surface area contributed by atoms with Gasteiger partial charge in [0.05, 0.1) is 0 Å². The van der Waals surface area contributed by atoms with E-state index in [0.717, 1.165) is 16.8 Å². The SMILES string of the molecule is CC(C(=O)O)N(Cc1ccccc1)C(=O)c1ccc2c(c1)CCC(=O)N2C. The first-order valence-electron chi connectivity index (χ1n) is 8.85. The number of amides is 2. The highest BCUT2D eigenvalue weighted by Crippen LogP contribution is 2.28. The average molecular weight is 366 g/mol. The van der Waals surface area contributed by atoms with Crippen molar-refractivity contribution in [2.24, 2.45) is 0 Å². The molecule has 0 saturated heterocycles. The summed E-state index contributed by atoms with van der Waals surface area (Å²) in [7, 11) is 1.72. The third-order valence-corrected chi connectivity index (χ3v) is 4.95. The van der Waals surface area contributed by atoms with Crippen LogP contribution in [0.4, 0.5) is 5.69 Å². The van der Waals surface area contributed by atoms with Gasteiger partial charge in [0, 0.05) is 31.3 Å². The maximum absolute atomic E-state index is 13.1. The molecule has 140 valence electrons. The minimum atomic E-state index is -1.05. The van der Waals surface area contributed by atoms with Gasteiger partial charge in [0.25, 0.3) is 5.91 Å². The largest absolute Gasteiger partial charge is 0.480 e. The number of aliphatic carboxylic acids is 1. The molecular weight excluding hydrogens is 344 g/mol. The molecule has 0 spiro atoms. The predicted octanol–water partition coefficient (Wildman–Crippen LogP) is 2.71. The van der Waals surface area contributed by atoms with Crippen molar-refractivity contribution in [3.8, 4) is 0 Å². The molecule has 6 heteroatoms. The zero-order chi connectivity index (χ0) is 19.6. The molecule has 2 aromatic carbocycles. The zero-order valence-corrected chi connectivity index (χ0v) is 15.4. The van der Waals surface area contributed by atoms with E-state index in [1.165, 1.54) is 11.8 Å². The Hall–Kier alpha value is -3.15. The molecule has 1 unspecified atom stereocenters. The highest BCUT2D eigenvalue weighted by molar-refractivity contribution is 6.00. The van der Waals surface area contributed by atoms with Crippen LogP contribution in [0.15, 0.2) is 48.5 Å². The lowest BCUT2D eigenvalue weighted by Gasteiger charge is -2.29. The van der Waals surface area contributed by atoms with Crippen molar-refractivity contribution in [1.82, 2.24) is 4.90 Å². The van der Waals surface area contributed by atoms with Gasteiger partial charge in [-0.25, -0.2) is 4.79 Å². The lowest BCUT2D eigenvalue weighted by molar-refractivity contribution is -0.141. The van der Waals surface area contributed by atoms with Crippen LogP contribution in [0.3, 0.4) is 0 Å². The summed E-state index contributed by atoms with van der Waals surface area (Å²) in [6.07, 6.45) is 0.979. The lowest BCUT2D eigenvalue weighted by atomic mass is 9.98. The summed E-state index contributed by atoms with van der Waals surface area (Å²) in [6, 6.07) is 13.5. The van der Waals surface area contributed by atoms with Gasteiger partial charge < -0.3 is 14.9 Å². The Kier molecular flexibility index (Phi) is 5.26. The molecule has 1 heterocycles. The van der Waals surface area contributed by atoms with Crippen molar-refractivity contribution in [3.05, 3.63) is 65.2 Å². The average Bonchev–Trinajstić information content (AvgIpc) is 2.68. The molecule has 27 heavy (non-hydrogen) atoms. The van der Waals surface area contributed by atoms with Crippen LogP contribution in [0.2, 0.25) is 0 Å². The Morgan fingerprint density at radius 2 is 1.85 bits per heavy atom. The minimum absolute atomic E-state index is 0.0479. The second-order valence-corrected chi connectivity index (χ2v) is 6.73. The van der Waals surface area contributed by atoms with E-state index in [0.29, 0.717) is 18.4 Å². The number of carboxylic acids is 1. The van der Waals surface area contributed by atoms with Gasteiger partial charge in [0.1, 0.15) is 6.04 Å². The molecule has 2 aromatic rings. The number of carboxylic acid groups (broad SMARTS) is 1. The topological polar surface area (TPSA) is 77.9 Å². The second kappa shape index (κ2) is 7.61. The van der Waals surface area contributed by atoms with Gasteiger partial charge >= 0.3 is 5.97 Å². The van der Waals surface area contributed by atoms with Crippen LogP contribution in [-0.4, -0.2) is 40.9 Å². The Morgan fingerprint density at radius 3 is 2.52 bits per heavy atom. The third-order valence-electron chi connectivity index (χ3n) is 4.95. The molecule has 1 N–H and O–H groups in total. The summed E-state index contributed by atoms with van der Waals surface area (Å²) in [6.45, 7) is 1.72. The molecule has 0 aromatic heterocycles. The number of rotatable bonds is 5. The fourth-order valence-corrected chi connectivity index (χ4v) is 3.25. The number of carbonyl (C=O) groups excluding carboxylic acids is 2. The second-order valence-electron chi connectivity index (χ2n) is 6.73. The van der Waals surface area contributed by atoms with Gasteiger partial charge in [-0.05, 0) is 42.7 Å². The minimum Gasteiger partial charge on any atom is -0.480 e. The third kappa shape index (κ3) is 3.84. The van der Waals surface area contributed by atoms with Crippen LogP contribution in [0, 0.1) is 0 Å². The summed E-state index contributed by atoms with van der Waals surface area (Å²) in [4.78, 5) is 39.4. The molecule has 2 amide bonds. The van der Waals surface area contributed by atoms with Crippen LogP contribution >= 0.6 is 0 Å². The van der Waals surface area contributed by atoms with E-state index in [2.05, 4.69) is 0 Å². The summed E-state index contributed by atoms with van der Waals surface area (Å²) in [5.74, 6) is -1.34. The van der Waals surface area contributed by atoms with Crippen LogP contribution < -0.4 is 4.90 Å². The first-order chi connectivity index (χ1) is 12.9. The van der Waals surface area contributed by atoms with Crippen molar-refractivity contribution < 1.29 is 19.5 Å². The number of fused-ring (bicyclic) bond motifs is 1. The van der Waals surface area contributed by atoms with E-state index < -0.39 is 12.0 Å². The fraction of sp³-hybridized carbons (Fsp3) is 0.286. The van der Waals surface area contributed by atoms with E-state index in [9.17, 15) is 19.5 Å². The van der Waals surface area contributed by atoms with Crippen molar-refractivity contribution in [2.75, 3.05) is 11.9 Å². The van der Waals surface area contributed by atoms with Crippen LogP contribution in [0.1, 0.15) is 34.8 Å². The van der Waals surface area contributed by atoms with E-state index in [4.69, 9.17) is 0 Å². The normalized spacial score (nSPS) is 14.4. The number of hydrogen-bond donors (Lipinski definition) is 1. The number of aryl methyl sites for hydroxylation is 1. The van der Waals surface area contributed by atoms with Crippen molar-refractivity contribution in [2.45, 2.75) is 32.4 Å². The van der Waals surface area contributed by atoms with Gasteiger partial charge in [0.15, 0.2) is 0 Å². The van der Waals surface area contributed by atoms with Gasteiger partial charge in [-0.15, -0.1) is 0 Å². The first kappa shape index (κ1) is 18.6. The van der Waals surface area contributed by atoms with Gasteiger partial charge in [-0.1, -0.05) is 30.3 Å². The lowest BCUT2D eigenvalue weighted by Crippen LogP contribution is -2.42. The molecule has 0 fully saturated rings. The van der Waals surface area contributed by atoms with Crippen LogP contribution in [0.25, 0.3) is 0 Å². The Balaban J connectivity index is 1.92. The number of hydrogen-bond acceptors (Lipinski definition) is 3. The smallest absolute Gasteiger partial charge is 0.326 e. The molecule has 0 saturated carbocycles. The number of nitrogens with zero attached hydrogens (tertiary/aromatic N) is 2. The monoisotopic (exact) mass is 366 g/mol. The molecular formula is C21H22N2O4. The highest BCUT2D eigenvalue weighted by Gasteiger charge is 2.28. The van der Waals surface area contributed by atoms with Gasteiger partial charge in [0.2, 0.25) is 5.91 Å². The quantitative estimate of drug-likeness (QED) is 0.883. The standard InChI is InChI=1S/C21H22N2O4/c1-14(21(26)27)23(13-15-6-4-3-5-7-15)20(25)17-8-10-18-16(12-17)9-11-19(24)22(18)2/h3-8,10,12,14H,9,11,13H2,1-2H3,(H,26,27). The first-order valence-corrected chi connectivity index (χ1v) is 8.85. The number of carbonyl (C=O) groups is 3. The summed E-state index contributed by atoms with van der Waals surface area (Å²) < 4.78 is 0. The van der Waals surface area contributed by atoms with E-state index >= 15 is 0 Å². The summed E-state index contributed by atoms with van der Waals surface area (Å²) in [5.41, 5.74) is 3.01. The predicted molar refractivity (Wildman–Crippen MR) is 102 cm³/mol. The molecule has 0 bridgehead atoms. The van der Waals surface area contributed by atoms with E-state index in [1.54, 1.807) is 30.1 Å². The van der Waals surface area contributed by atoms with Crippen LogP contribution in [0.5, 0.6) is 0 Å². The molecule has 0 aliphatic carbocycles. The Labute approximate surface area is 158 Å². The zero-order valence-electron chi connectivity index (χ0n) is 15.4.